The highest BCUT2D eigenvalue weighted by Gasteiger charge is 2.16. The molecular formula is C22H26N5O5SSi. The van der Waals surface area contributed by atoms with Crippen LogP contribution in [0.4, 0.5) is 17.2 Å². The molecule has 0 aliphatic carbocycles. The van der Waals surface area contributed by atoms with Gasteiger partial charge in [0, 0.05) is 67.6 Å². The summed E-state index contributed by atoms with van der Waals surface area (Å²) >= 11 is 0. The Morgan fingerprint density at radius 2 is 2.03 bits per heavy atom. The van der Waals surface area contributed by atoms with Crippen LogP contribution in [-0.2, 0) is 21.7 Å². The molecule has 0 aliphatic rings. The number of aliphatic hydroxyl groups is 1. The monoisotopic (exact) mass is 500 g/mol. The third kappa shape index (κ3) is 6.65. The van der Waals surface area contributed by atoms with Crippen LogP contribution in [0.2, 0.25) is 0 Å². The lowest BCUT2D eigenvalue weighted by Crippen LogP contribution is -2.23. The van der Waals surface area contributed by atoms with E-state index in [1.807, 2.05) is 6.07 Å². The van der Waals surface area contributed by atoms with Crippen LogP contribution in [-0.4, -0.2) is 63.0 Å². The lowest BCUT2D eigenvalue weighted by atomic mass is 10.1. The summed E-state index contributed by atoms with van der Waals surface area (Å²) in [6.07, 6.45) is 4.48. The first-order valence-electron chi connectivity index (χ1n) is 10.3. The van der Waals surface area contributed by atoms with Crippen molar-refractivity contribution >= 4 is 43.2 Å². The fraction of sp³-hybridized carbons (Fsp3) is 0.318. The molecule has 2 heterocycles. The Balaban J connectivity index is 2.03. The number of benzene rings is 1. The van der Waals surface area contributed by atoms with Gasteiger partial charge in [-0.2, -0.15) is 5.10 Å². The Morgan fingerprint density at radius 3 is 2.62 bits per heavy atom. The molecule has 1 unspecified atom stereocenters. The minimum absolute atomic E-state index is 0.0644. The number of carbonyl (C=O) groups excluding carboxylic acids is 1. The minimum Gasteiger partial charge on any atom is -0.493 e. The Hall–Kier alpha value is -3.22. The van der Waals surface area contributed by atoms with E-state index in [0.717, 1.165) is 6.26 Å². The van der Waals surface area contributed by atoms with Crippen molar-refractivity contribution < 1.29 is 23.1 Å². The fourth-order valence-electron chi connectivity index (χ4n) is 2.99. The Kier molecular flexibility index (Phi) is 7.74. The SMILES string of the molecule is CC(=O)Nc1cc(Nc2cc(OC[C@H](C)C(O)[Si])cc(S(C)(=O)=O)c2)c(-c2ccn(C)n2)cn1. The lowest BCUT2D eigenvalue weighted by Gasteiger charge is -2.18. The number of hydrogen-bond donors (Lipinski definition) is 3. The van der Waals surface area contributed by atoms with Crippen LogP contribution in [0, 0.1) is 5.92 Å². The zero-order valence-electron chi connectivity index (χ0n) is 19.2. The molecule has 3 radical (unpaired) electrons. The molecule has 3 aromatic rings. The van der Waals surface area contributed by atoms with Gasteiger partial charge in [-0.05, 0) is 18.2 Å². The second-order valence-electron chi connectivity index (χ2n) is 7.99. The van der Waals surface area contributed by atoms with Gasteiger partial charge in [0.1, 0.15) is 11.6 Å². The van der Waals surface area contributed by atoms with E-state index in [0.29, 0.717) is 34.2 Å². The van der Waals surface area contributed by atoms with Crippen molar-refractivity contribution in [3.63, 3.8) is 0 Å². The highest BCUT2D eigenvalue weighted by Crippen LogP contribution is 2.33. The van der Waals surface area contributed by atoms with Gasteiger partial charge in [-0.25, -0.2) is 13.4 Å². The van der Waals surface area contributed by atoms with Crippen LogP contribution in [0.15, 0.2) is 47.6 Å². The van der Waals surface area contributed by atoms with Gasteiger partial charge in [0.15, 0.2) is 9.84 Å². The maximum atomic E-state index is 12.3. The average Bonchev–Trinajstić information content (AvgIpc) is 3.17. The van der Waals surface area contributed by atoms with Gasteiger partial charge in [-0.15, -0.1) is 0 Å². The largest absolute Gasteiger partial charge is 0.493 e. The fourth-order valence-corrected chi connectivity index (χ4v) is 3.75. The summed E-state index contributed by atoms with van der Waals surface area (Å²) in [7, 11) is 1.40. The number of carbonyl (C=O) groups is 1. The van der Waals surface area contributed by atoms with Crippen LogP contribution in [0.5, 0.6) is 5.75 Å². The van der Waals surface area contributed by atoms with E-state index >= 15 is 0 Å². The normalized spacial score (nSPS) is 13.2. The third-order valence-corrected chi connectivity index (χ3v) is 6.50. The standard InChI is InChI=1S/C22H26N5O5SSi/c1-13(22(29)34)12-32-16-7-15(8-17(9-16)33(4,30)31)25-20-10-21(24-14(2)28)23-11-18(20)19-5-6-27(3)26-19/h5-11,13,22,29H,12H2,1-4H3,(H2,23,24,25,28)/t13-,22?/m0/s1. The molecule has 0 saturated heterocycles. The van der Waals surface area contributed by atoms with Gasteiger partial charge in [-0.3, -0.25) is 9.48 Å². The highest BCUT2D eigenvalue weighted by atomic mass is 32.2. The van der Waals surface area contributed by atoms with E-state index in [2.05, 4.69) is 31.0 Å². The van der Waals surface area contributed by atoms with E-state index < -0.39 is 15.6 Å². The quantitative estimate of drug-likeness (QED) is 0.380. The third-order valence-electron chi connectivity index (χ3n) is 4.84. The van der Waals surface area contributed by atoms with Crippen molar-refractivity contribution in [1.29, 1.82) is 0 Å². The number of amides is 1. The van der Waals surface area contributed by atoms with Gasteiger partial charge in [-0.1, -0.05) is 6.92 Å². The summed E-state index contributed by atoms with van der Waals surface area (Å²) < 4.78 is 32.0. The predicted octanol–water partition coefficient (Wildman–Crippen LogP) is 2.09. The molecule has 2 atom stereocenters. The average molecular weight is 501 g/mol. The van der Waals surface area contributed by atoms with Crippen molar-refractivity contribution in [2.45, 2.75) is 24.5 Å². The molecule has 3 N–H and O–H groups in total. The van der Waals surface area contributed by atoms with E-state index in [1.165, 1.54) is 19.1 Å². The van der Waals surface area contributed by atoms with Gasteiger partial charge in [0.05, 0.1) is 33.1 Å². The Labute approximate surface area is 201 Å². The van der Waals surface area contributed by atoms with Gasteiger partial charge < -0.3 is 20.5 Å². The summed E-state index contributed by atoms with van der Waals surface area (Å²) in [6, 6.07) is 8.03. The van der Waals surface area contributed by atoms with Gasteiger partial charge >= 0.3 is 0 Å². The number of rotatable bonds is 9. The maximum Gasteiger partial charge on any atom is 0.222 e. The van der Waals surface area contributed by atoms with Crippen LogP contribution in [0.1, 0.15) is 13.8 Å². The molecule has 0 fully saturated rings. The molecule has 34 heavy (non-hydrogen) atoms. The summed E-state index contributed by atoms with van der Waals surface area (Å²) in [5, 5.41) is 19.9. The number of anilines is 3. The summed E-state index contributed by atoms with van der Waals surface area (Å²) in [6.45, 7) is 3.33. The number of hydrogen-bond acceptors (Lipinski definition) is 8. The first-order valence-corrected chi connectivity index (χ1v) is 12.8. The van der Waals surface area contributed by atoms with Crippen LogP contribution >= 0.6 is 0 Å². The van der Waals surface area contributed by atoms with Crippen LogP contribution in [0.25, 0.3) is 11.3 Å². The molecule has 12 heteroatoms. The van der Waals surface area contributed by atoms with E-state index in [4.69, 9.17) is 4.74 Å². The number of aliphatic hydroxyl groups excluding tert-OH is 1. The molecule has 3 rings (SSSR count). The lowest BCUT2D eigenvalue weighted by molar-refractivity contribution is -0.114. The minimum atomic E-state index is -3.54. The zero-order chi connectivity index (χ0) is 25.0. The number of ether oxygens (including phenoxy) is 1. The van der Waals surface area contributed by atoms with Gasteiger partial charge in [0.2, 0.25) is 5.91 Å². The molecule has 179 valence electrons. The summed E-state index contributed by atoms with van der Waals surface area (Å²) in [5.74, 6) is 0.137. The molecule has 0 spiro atoms. The molecule has 1 amide bonds. The molecule has 2 aromatic heterocycles. The first kappa shape index (κ1) is 25.4. The molecule has 0 saturated carbocycles. The molecule has 1 aromatic carbocycles. The van der Waals surface area contributed by atoms with E-state index in [9.17, 15) is 18.3 Å². The van der Waals surface area contributed by atoms with Crippen molar-refractivity contribution in [1.82, 2.24) is 14.8 Å². The number of pyridine rings is 1. The number of aromatic nitrogens is 3. The second kappa shape index (κ2) is 10.4. The Bertz CT molecular complexity index is 1290. The zero-order valence-corrected chi connectivity index (χ0v) is 21.0. The second-order valence-corrected chi connectivity index (χ2v) is 10.6. The predicted molar refractivity (Wildman–Crippen MR) is 130 cm³/mol. The highest BCUT2D eigenvalue weighted by molar-refractivity contribution is 7.90. The Morgan fingerprint density at radius 1 is 1.29 bits per heavy atom. The number of nitrogens with zero attached hydrogens (tertiary/aromatic N) is 3. The summed E-state index contributed by atoms with van der Waals surface area (Å²) in [4.78, 5) is 15.9. The van der Waals surface area contributed by atoms with Crippen molar-refractivity contribution in [3.05, 3.63) is 42.7 Å². The molecule has 0 bridgehead atoms. The molecule has 0 aliphatic heterocycles. The maximum absolute atomic E-state index is 12.3. The van der Waals surface area contributed by atoms with Crippen LogP contribution < -0.4 is 15.4 Å². The number of aryl methyl sites for hydroxylation is 1. The number of nitrogens with one attached hydrogen (secondary N) is 2. The molecule has 10 nitrogen and oxygen atoms in total. The van der Waals surface area contributed by atoms with E-state index in [1.54, 1.807) is 43.2 Å². The van der Waals surface area contributed by atoms with Gasteiger partial charge in [0.25, 0.3) is 0 Å². The summed E-state index contributed by atoms with van der Waals surface area (Å²) in [5.41, 5.74) is 1.53. The smallest absolute Gasteiger partial charge is 0.222 e. The first-order chi connectivity index (χ1) is 15.9. The van der Waals surface area contributed by atoms with Crippen molar-refractivity contribution in [2.24, 2.45) is 13.0 Å². The van der Waals surface area contributed by atoms with Crippen LogP contribution in [0.3, 0.4) is 0 Å². The topological polar surface area (TPSA) is 135 Å². The van der Waals surface area contributed by atoms with Crippen molar-refractivity contribution in [3.8, 4) is 17.0 Å². The van der Waals surface area contributed by atoms with Crippen molar-refractivity contribution in [2.75, 3.05) is 23.5 Å². The number of sulfone groups is 1. The molecular weight excluding hydrogens is 474 g/mol. The van der Waals surface area contributed by atoms with E-state index in [-0.39, 0.29) is 23.3 Å².